The van der Waals surface area contributed by atoms with Crippen LogP contribution in [0.3, 0.4) is 0 Å². The van der Waals surface area contributed by atoms with Crippen molar-refractivity contribution in [1.29, 1.82) is 0 Å². The summed E-state index contributed by atoms with van der Waals surface area (Å²) in [7, 11) is 0. The molecule has 0 spiro atoms. The van der Waals surface area contributed by atoms with Crippen LogP contribution in [0.2, 0.25) is 0 Å². The molecule has 2 rings (SSSR count). The monoisotopic (exact) mass is 308 g/mol. The van der Waals surface area contributed by atoms with E-state index in [0.717, 1.165) is 12.8 Å². The zero-order valence-corrected chi connectivity index (χ0v) is 11.2. The summed E-state index contributed by atoms with van der Waals surface area (Å²) < 4.78 is 45.1. The van der Waals surface area contributed by atoms with Crippen LogP contribution in [0.5, 0.6) is 0 Å². The molecule has 1 N–H and O–H groups in total. The molecule has 1 aliphatic rings. The number of nitrogens with zero attached hydrogens (tertiary/aromatic N) is 2. The van der Waals surface area contributed by atoms with Crippen molar-refractivity contribution in [2.75, 3.05) is 6.61 Å². The lowest BCUT2D eigenvalue weighted by Crippen LogP contribution is -2.30. The van der Waals surface area contributed by atoms with Gasteiger partial charge in [-0.25, -0.2) is 0 Å². The standard InChI is InChI=1S/C12H15F3N2O4/c13-12(14,15)7-20-6-8-16-9(21-17-8)5-11(10(18)19)3-1-2-4-11/h1-7H2,(H,18,19). The fraction of sp³-hybridized carbons (Fsp3) is 0.750. The molecular weight excluding hydrogens is 293 g/mol. The summed E-state index contributed by atoms with van der Waals surface area (Å²) in [6.45, 7) is -1.82. The van der Waals surface area contributed by atoms with Crippen molar-refractivity contribution in [2.45, 2.75) is 44.9 Å². The second kappa shape index (κ2) is 6.00. The van der Waals surface area contributed by atoms with Gasteiger partial charge >= 0.3 is 12.1 Å². The summed E-state index contributed by atoms with van der Waals surface area (Å²) in [6.07, 6.45) is -1.61. The molecule has 9 heteroatoms. The lowest BCUT2D eigenvalue weighted by Gasteiger charge is -2.21. The minimum Gasteiger partial charge on any atom is -0.481 e. The van der Waals surface area contributed by atoms with Crippen LogP contribution >= 0.6 is 0 Å². The maximum atomic E-state index is 11.9. The molecule has 0 unspecified atom stereocenters. The van der Waals surface area contributed by atoms with Gasteiger partial charge in [-0.05, 0) is 12.8 Å². The zero-order chi connectivity index (χ0) is 15.5. The number of rotatable bonds is 6. The van der Waals surface area contributed by atoms with E-state index in [1.165, 1.54) is 0 Å². The van der Waals surface area contributed by atoms with E-state index in [-0.39, 0.29) is 18.1 Å². The van der Waals surface area contributed by atoms with Crippen molar-refractivity contribution in [3.05, 3.63) is 11.7 Å². The van der Waals surface area contributed by atoms with Gasteiger partial charge < -0.3 is 14.4 Å². The molecule has 1 fully saturated rings. The van der Waals surface area contributed by atoms with Gasteiger partial charge in [0.2, 0.25) is 5.89 Å². The Kier molecular flexibility index (Phi) is 4.50. The van der Waals surface area contributed by atoms with Gasteiger partial charge in [-0.2, -0.15) is 18.2 Å². The van der Waals surface area contributed by atoms with E-state index in [1.807, 2.05) is 0 Å². The Bertz CT molecular complexity index is 495. The van der Waals surface area contributed by atoms with Gasteiger partial charge in [0.25, 0.3) is 0 Å². The van der Waals surface area contributed by atoms with E-state index >= 15 is 0 Å². The molecule has 118 valence electrons. The summed E-state index contributed by atoms with van der Waals surface area (Å²) in [6, 6.07) is 0. The quantitative estimate of drug-likeness (QED) is 0.868. The Morgan fingerprint density at radius 2 is 2.05 bits per heavy atom. The fourth-order valence-electron chi connectivity index (χ4n) is 2.49. The molecule has 0 aromatic carbocycles. The summed E-state index contributed by atoms with van der Waals surface area (Å²) in [4.78, 5) is 15.3. The Morgan fingerprint density at radius 3 is 2.62 bits per heavy atom. The Morgan fingerprint density at radius 1 is 1.38 bits per heavy atom. The number of hydrogen-bond acceptors (Lipinski definition) is 5. The predicted molar refractivity (Wildman–Crippen MR) is 62.2 cm³/mol. The largest absolute Gasteiger partial charge is 0.481 e. The van der Waals surface area contributed by atoms with Crippen LogP contribution in [-0.4, -0.2) is 34.0 Å². The van der Waals surface area contributed by atoms with Gasteiger partial charge in [-0.1, -0.05) is 18.0 Å². The molecule has 1 aromatic rings. The highest BCUT2D eigenvalue weighted by Gasteiger charge is 2.42. The van der Waals surface area contributed by atoms with Crippen LogP contribution < -0.4 is 0 Å². The molecule has 0 amide bonds. The highest BCUT2D eigenvalue weighted by Crippen LogP contribution is 2.40. The molecule has 0 atom stereocenters. The maximum absolute atomic E-state index is 11.9. The van der Waals surface area contributed by atoms with Crippen LogP contribution in [0.4, 0.5) is 13.2 Å². The van der Waals surface area contributed by atoms with Crippen LogP contribution in [0.1, 0.15) is 37.4 Å². The molecule has 0 saturated heterocycles. The molecule has 1 heterocycles. The Labute approximate surface area is 118 Å². The molecule has 0 radical (unpaired) electrons. The highest BCUT2D eigenvalue weighted by atomic mass is 19.4. The van der Waals surface area contributed by atoms with Crippen molar-refractivity contribution < 1.29 is 32.3 Å². The number of aromatic nitrogens is 2. The minimum absolute atomic E-state index is 0.0206. The third-order valence-electron chi connectivity index (χ3n) is 3.51. The minimum atomic E-state index is -4.41. The van der Waals surface area contributed by atoms with Gasteiger partial charge in [0.05, 0.1) is 5.41 Å². The molecule has 6 nitrogen and oxygen atoms in total. The van der Waals surface area contributed by atoms with Crippen molar-refractivity contribution in [2.24, 2.45) is 5.41 Å². The highest BCUT2D eigenvalue weighted by molar-refractivity contribution is 5.75. The van der Waals surface area contributed by atoms with Crippen LogP contribution in [-0.2, 0) is 22.6 Å². The van der Waals surface area contributed by atoms with Gasteiger partial charge in [-0.15, -0.1) is 0 Å². The first kappa shape index (κ1) is 15.7. The van der Waals surface area contributed by atoms with E-state index in [0.29, 0.717) is 12.8 Å². The van der Waals surface area contributed by atoms with Gasteiger partial charge in [0.1, 0.15) is 13.2 Å². The number of ether oxygens (including phenoxy) is 1. The summed E-state index contributed by atoms with van der Waals surface area (Å²) in [5.74, 6) is -0.814. The van der Waals surface area contributed by atoms with Gasteiger partial charge in [-0.3, -0.25) is 4.79 Å². The van der Waals surface area contributed by atoms with Crippen LogP contribution in [0.25, 0.3) is 0 Å². The number of carboxylic acids is 1. The van der Waals surface area contributed by atoms with E-state index in [2.05, 4.69) is 14.9 Å². The predicted octanol–water partition coefficient (Wildman–Crippen LogP) is 2.34. The van der Waals surface area contributed by atoms with Crippen LogP contribution in [0, 0.1) is 5.41 Å². The topological polar surface area (TPSA) is 85.5 Å². The average molecular weight is 308 g/mol. The van der Waals surface area contributed by atoms with E-state index < -0.39 is 30.8 Å². The molecule has 1 saturated carbocycles. The Hall–Kier alpha value is -1.64. The van der Waals surface area contributed by atoms with E-state index in [4.69, 9.17) is 4.52 Å². The summed E-state index contributed by atoms with van der Waals surface area (Å²) in [5.41, 5.74) is -0.906. The van der Waals surface area contributed by atoms with Crippen molar-refractivity contribution in [1.82, 2.24) is 10.1 Å². The number of hydrogen-bond donors (Lipinski definition) is 1. The van der Waals surface area contributed by atoms with E-state index in [9.17, 15) is 23.1 Å². The van der Waals surface area contributed by atoms with Gasteiger partial charge in [0, 0.05) is 6.42 Å². The van der Waals surface area contributed by atoms with Crippen molar-refractivity contribution >= 4 is 5.97 Å². The first-order valence-electron chi connectivity index (χ1n) is 6.50. The van der Waals surface area contributed by atoms with Crippen LogP contribution in [0.15, 0.2) is 4.52 Å². The first-order valence-corrected chi connectivity index (χ1v) is 6.50. The number of halogens is 3. The molecule has 0 bridgehead atoms. The average Bonchev–Trinajstić information content (AvgIpc) is 2.98. The Balaban J connectivity index is 1.92. The molecule has 21 heavy (non-hydrogen) atoms. The smallest absolute Gasteiger partial charge is 0.411 e. The zero-order valence-electron chi connectivity index (χ0n) is 11.2. The lowest BCUT2D eigenvalue weighted by molar-refractivity contribution is -0.177. The first-order chi connectivity index (χ1) is 9.81. The number of alkyl halides is 3. The van der Waals surface area contributed by atoms with E-state index in [1.54, 1.807) is 0 Å². The van der Waals surface area contributed by atoms with Crippen molar-refractivity contribution in [3.8, 4) is 0 Å². The third kappa shape index (κ3) is 4.16. The number of carboxylic acid groups (broad SMARTS) is 1. The van der Waals surface area contributed by atoms with Gasteiger partial charge in [0.15, 0.2) is 5.82 Å². The third-order valence-corrected chi connectivity index (χ3v) is 3.51. The molecule has 1 aromatic heterocycles. The summed E-state index contributed by atoms with van der Waals surface area (Å²) >= 11 is 0. The normalized spacial score (nSPS) is 18.0. The number of aliphatic carboxylic acids is 1. The fourth-order valence-corrected chi connectivity index (χ4v) is 2.49. The second-order valence-electron chi connectivity index (χ2n) is 5.18. The maximum Gasteiger partial charge on any atom is 0.411 e. The van der Waals surface area contributed by atoms with Crippen molar-refractivity contribution in [3.63, 3.8) is 0 Å². The second-order valence-corrected chi connectivity index (χ2v) is 5.18. The lowest BCUT2D eigenvalue weighted by atomic mass is 9.83. The molecule has 0 aliphatic heterocycles. The SMILES string of the molecule is O=C(O)C1(Cc2nc(COCC(F)(F)F)no2)CCCC1. The molecular formula is C12H15F3N2O4. The summed E-state index contributed by atoms with van der Waals surface area (Å²) in [5, 5.41) is 12.8. The number of carbonyl (C=O) groups is 1. The molecule has 1 aliphatic carbocycles.